The lowest BCUT2D eigenvalue weighted by Crippen LogP contribution is -2.13. The van der Waals surface area contributed by atoms with Crippen LogP contribution >= 0.6 is 23.2 Å². The molecular weight excluding hydrogens is 412 g/mol. The lowest BCUT2D eigenvalue weighted by molar-refractivity contribution is -0.112. The third kappa shape index (κ3) is 4.19. The SMILES string of the molecule is Cc1cc(/C=C(/C#N)C(=O)Nc2cccc(Cl)c2Cl)c(C)n1-c1ccccc1F. The highest BCUT2D eigenvalue weighted by atomic mass is 35.5. The second kappa shape index (κ2) is 8.52. The van der Waals surface area contributed by atoms with Gasteiger partial charge in [0.25, 0.3) is 5.91 Å². The van der Waals surface area contributed by atoms with Gasteiger partial charge in [0.1, 0.15) is 17.5 Å². The van der Waals surface area contributed by atoms with Gasteiger partial charge in [0, 0.05) is 11.4 Å². The molecule has 1 aromatic heterocycles. The first kappa shape index (κ1) is 20.7. The molecule has 1 heterocycles. The number of carbonyl (C=O) groups is 1. The van der Waals surface area contributed by atoms with E-state index in [0.29, 0.717) is 27.7 Å². The summed E-state index contributed by atoms with van der Waals surface area (Å²) in [5.74, 6) is -0.981. The van der Waals surface area contributed by atoms with E-state index in [-0.39, 0.29) is 16.4 Å². The average Bonchev–Trinajstić information content (AvgIpc) is 2.97. The number of nitrogens with zero attached hydrogens (tertiary/aromatic N) is 2. The van der Waals surface area contributed by atoms with E-state index in [4.69, 9.17) is 23.2 Å². The standard InChI is InChI=1S/C22H16Cl2FN3O/c1-13-10-15(14(2)28(13)20-9-4-3-7-18(20)25)11-16(12-26)22(29)27-19-8-5-6-17(23)21(19)24/h3-11H,1-2H3,(H,27,29)/b16-11-. The number of anilines is 1. The summed E-state index contributed by atoms with van der Waals surface area (Å²) in [6, 6.07) is 14.9. The van der Waals surface area contributed by atoms with Crippen LogP contribution in [0.15, 0.2) is 54.1 Å². The summed E-state index contributed by atoms with van der Waals surface area (Å²) in [5.41, 5.74) is 2.70. The van der Waals surface area contributed by atoms with E-state index in [1.165, 1.54) is 12.1 Å². The lowest BCUT2D eigenvalue weighted by Gasteiger charge is -2.10. The van der Waals surface area contributed by atoms with Crippen molar-refractivity contribution in [3.63, 3.8) is 0 Å². The van der Waals surface area contributed by atoms with Gasteiger partial charge in [-0.15, -0.1) is 0 Å². The van der Waals surface area contributed by atoms with Gasteiger partial charge in [-0.1, -0.05) is 41.4 Å². The number of amides is 1. The molecule has 0 saturated heterocycles. The molecule has 0 spiro atoms. The summed E-state index contributed by atoms with van der Waals surface area (Å²) >= 11 is 12.0. The molecular formula is C22H16Cl2FN3O. The van der Waals surface area contributed by atoms with Crippen molar-refractivity contribution in [2.45, 2.75) is 13.8 Å². The van der Waals surface area contributed by atoms with Crippen LogP contribution in [-0.4, -0.2) is 10.5 Å². The molecule has 7 heteroatoms. The number of hydrogen-bond acceptors (Lipinski definition) is 2. The topological polar surface area (TPSA) is 57.8 Å². The third-order valence-electron chi connectivity index (χ3n) is 4.43. The van der Waals surface area contributed by atoms with Gasteiger partial charge in [0.05, 0.1) is 21.4 Å². The second-order valence-electron chi connectivity index (χ2n) is 6.34. The van der Waals surface area contributed by atoms with Crippen LogP contribution in [0.4, 0.5) is 10.1 Å². The molecule has 0 aliphatic carbocycles. The van der Waals surface area contributed by atoms with Crippen molar-refractivity contribution in [1.29, 1.82) is 5.26 Å². The number of hydrogen-bond donors (Lipinski definition) is 1. The Kier molecular flexibility index (Phi) is 6.07. The normalized spacial score (nSPS) is 11.2. The van der Waals surface area contributed by atoms with Crippen molar-refractivity contribution >= 4 is 40.9 Å². The molecule has 0 atom stereocenters. The van der Waals surface area contributed by atoms with E-state index >= 15 is 0 Å². The Balaban J connectivity index is 1.97. The van der Waals surface area contributed by atoms with E-state index in [0.717, 1.165) is 5.69 Å². The Morgan fingerprint density at radius 3 is 2.59 bits per heavy atom. The van der Waals surface area contributed by atoms with Crippen molar-refractivity contribution in [1.82, 2.24) is 4.57 Å². The maximum atomic E-state index is 14.2. The van der Waals surface area contributed by atoms with Crippen molar-refractivity contribution in [2.24, 2.45) is 0 Å². The van der Waals surface area contributed by atoms with Crippen LogP contribution < -0.4 is 5.32 Å². The zero-order valence-corrected chi connectivity index (χ0v) is 17.1. The minimum atomic E-state index is -0.618. The number of aromatic nitrogens is 1. The molecule has 0 radical (unpaired) electrons. The fraction of sp³-hybridized carbons (Fsp3) is 0.0909. The van der Waals surface area contributed by atoms with Gasteiger partial charge in [0.15, 0.2) is 0 Å². The molecule has 0 aliphatic heterocycles. The highest BCUT2D eigenvalue weighted by Gasteiger charge is 2.16. The van der Waals surface area contributed by atoms with Crippen LogP contribution in [0.25, 0.3) is 11.8 Å². The number of nitrogens with one attached hydrogen (secondary N) is 1. The summed E-state index contributed by atoms with van der Waals surface area (Å²) < 4.78 is 16.0. The first-order valence-corrected chi connectivity index (χ1v) is 9.40. The molecule has 2 aromatic carbocycles. The lowest BCUT2D eigenvalue weighted by atomic mass is 10.1. The van der Waals surface area contributed by atoms with Crippen LogP contribution in [0.5, 0.6) is 0 Å². The van der Waals surface area contributed by atoms with Gasteiger partial charge in [-0.05, 0) is 55.8 Å². The third-order valence-corrected chi connectivity index (χ3v) is 5.25. The number of rotatable bonds is 4. The predicted molar refractivity (Wildman–Crippen MR) is 114 cm³/mol. The highest BCUT2D eigenvalue weighted by molar-refractivity contribution is 6.44. The Hall–Kier alpha value is -3.07. The zero-order chi connectivity index (χ0) is 21.1. The largest absolute Gasteiger partial charge is 0.320 e. The average molecular weight is 428 g/mol. The minimum absolute atomic E-state index is 0.116. The van der Waals surface area contributed by atoms with Crippen molar-refractivity contribution in [2.75, 3.05) is 5.32 Å². The summed E-state index contributed by atoms with van der Waals surface area (Å²) in [6.07, 6.45) is 1.47. The van der Waals surface area contributed by atoms with Gasteiger partial charge < -0.3 is 9.88 Å². The second-order valence-corrected chi connectivity index (χ2v) is 7.12. The molecule has 3 rings (SSSR count). The zero-order valence-electron chi connectivity index (χ0n) is 15.6. The van der Waals surface area contributed by atoms with Gasteiger partial charge in [-0.25, -0.2) is 4.39 Å². The van der Waals surface area contributed by atoms with Crippen LogP contribution in [0.1, 0.15) is 17.0 Å². The minimum Gasteiger partial charge on any atom is -0.320 e. The quantitative estimate of drug-likeness (QED) is 0.404. The van der Waals surface area contributed by atoms with Crippen molar-refractivity contribution in [3.8, 4) is 11.8 Å². The smallest absolute Gasteiger partial charge is 0.266 e. The first-order chi connectivity index (χ1) is 13.8. The number of nitriles is 1. The molecule has 0 saturated carbocycles. The predicted octanol–water partition coefficient (Wildman–Crippen LogP) is 6.09. The van der Waals surface area contributed by atoms with Crippen molar-refractivity contribution < 1.29 is 9.18 Å². The fourth-order valence-electron chi connectivity index (χ4n) is 3.03. The van der Waals surface area contributed by atoms with Gasteiger partial charge >= 0.3 is 0 Å². The molecule has 4 nitrogen and oxygen atoms in total. The van der Waals surface area contributed by atoms with Crippen LogP contribution in [0, 0.1) is 31.0 Å². The summed E-state index contributed by atoms with van der Waals surface area (Å²) in [7, 11) is 0. The van der Waals surface area contributed by atoms with E-state index in [2.05, 4.69) is 5.32 Å². The molecule has 1 amide bonds. The van der Waals surface area contributed by atoms with E-state index in [1.54, 1.807) is 54.0 Å². The Labute approximate surface area is 177 Å². The molecule has 1 N–H and O–H groups in total. The molecule has 0 aliphatic rings. The highest BCUT2D eigenvalue weighted by Crippen LogP contribution is 2.30. The number of aryl methyl sites for hydroxylation is 1. The molecule has 146 valence electrons. The van der Waals surface area contributed by atoms with E-state index < -0.39 is 5.91 Å². The van der Waals surface area contributed by atoms with Crippen LogP contribution in [0.3, 0.4) is 0 Å². The van der Waals surface area contributed by atoms with Crippen molar-refractivity contribution in [3.05, 3.63) is 86.9 Å². The van der Waals surface area contributed by atoms with E-state index in [1.807, 2.05) is 13.0 Å². The van der Waals surface area contributed by atoms with Gasteiger partial charge in [0.2, 0.25) is 0 Å². The summed E-state index contributed by atoms with van der Waals surface area (Å²) in [6.45, 7) is 3.63. The first-order valence-electron chi connectivity index (χ1n) is 8.64. The number of para-hydroxylation sites is 1. The molecule has 0 bridgehead atoms. The van der Waals surface area contributed by atoms with E-state index in [9.17, 15) is 14.4 Å². The Morgan fingerprint density at radius 1 is 1.17 bits per heavy atom. The van der Waals surface area contributed by atoms with Gasteiger partial charge in [-0.2, -0.15) is 5.26 Å². The monoisotopic (exact) mass is 427 g/mol. The van der Waals surface area contributed by atoms with Gasteiger partial charge in [-0.3, -0.25) is 4.79 Å². The number of benzene rings is 2. The molecule has 0 unspecified atom stereocenters. The maximum absolute atomic E-state index is 14.2. The Morgan fingerprint density at radius 2 is 1.90 bits per heavy atom. The van der Waals surface area contributed by atoms with Crippen LogP contribution in [0.2, 0.25) is 10.0 Å². The van der Waals surface area contributed by atoms with Crippen LogP contribution in [-0.2, 0) is 4.79 Å². The number of halogens is 3. The molecule has 0 fully saturated rings. The maximum Gasteiger partial charge on any atom is 0.266 e. The number of carbonyl (C=O) groups excluding carboxylic acids is 1. The molecule has 29 heavy (non-hydrogen) atoms. The molecule has 3 aromatic rings. The summed E-state index contributed by atoms with van der Waals surface area (Å²) in [4.78, 5) is 12.6. The Bertz CT molecular complexity index is 1180. The summed E-state index contributed by atoms with van der Waals surface area (Å²) in [5, 5.41) is 12.6. The fourth-order valence-corrected chi connectivity index (χ4v) is 3.38.